The zero-order valence-corrected chi connectivity index (χ0v) is 20.1. The maximum Gasteiger partial charge on any atom is 0.303 e. The molecule has 0 aliphatic heterocycles. The highest BCUT2D eigenvalue weighted by Gasteiger charge is 2.51. The van der Waals surface area contributed by atoms with Gasteiger partial charge in [-0.3, -0.25) is 9.59 Å². The van der Waals surface area contributed by atoms with Gasteiger partial charge in [-0.15, -0.1) is 0 Å². The lowest BCUT2D eigenvalue weighted by Gasteiger charge is -2.46. The van der Waals surface area contributed by atoms with E-state index >= 15 is 0 Å². The highest BCUT2D eigenvalue weighted by atomic mass is 127. The van der Waals surface area contributed by atoms with E-state index in [0.29, 0.717) is 8.97 Å². The van der Waals surface area contributed by atoms with Crippen LogP contribution in [0.25, 0.3) is 0 Å². The molecule has 0 unspecified atom stereocenters. The van der Waals surface area contributed by atoms with Crippen LogP contribution in [0, 0.1) is 0 Å². The Morgan fingerprint density at radius 2 is 0.958 bits per heavy atom. The second kappa shape index (κ2) is 9.67. The maximum absolute atomic E-state index is 11.6. The number of quaternary nitrogens is 2. The fourth-order valence-electron chi connectivity index (χ4n) is 2.89. The van der Waals surface area contributed by atoms with E-state index < -0.39 is 12.2 Å². The Kier molecular flexibility index (Phi) is 10.6. The molecule has 0 heterocycles. The van der Waals surface area contributed by atoms with E-state index in [0.717, 1.165) is 0 Å². The van der Waals surface area contributed by atoms with Crippen molar-refractivity contribution in [1.29, 1.82) is 0 Å². The highest BCUT2D eigenvalue weighted by Crippen LogP contribution is 2.29. The molecule has 142 valence electrons. The standard InChI is InChI=1S/C16H30N2O4.2HI/c1-11(19)21-15-13(17(3,4)5)9-10-14(18(6,7)8)16(15)22-12(2)20;;/h9-10,13-16H,1-8H3;2*1H/q+2;;/p-2/t13-,14+,15-,16-;;/m1../s1. The number of rotatable bonds is 4. The number of hydrogen-bond donors (Lipinski definition) is 0. The van der Waals surface area contributed by atoms with E-state index in [1.165, 1.54) is 13.8 Å². The summed E-state index contributed by atoms with van der Waals surface area (Å²) in [6, 6.07) is -0.146. The van der Waals surface area contributed by atoms with Gasteiger partial charge in [-0.25, -0.2) is 0 Å². The summed E-state index contributed by atoms with van der Waals surface area (Å²) in [5.41, 5.74) is 0. The molecule has 0 spiro atoms. The molecule has 0 fully saturated rings. The Labute approximate surface area is 179 Å². The number of carbonyl (C=O) groups is 2. The number of halogens is 2. The molecule has 0 bridgehead atoms. The van der Waals surface area contributed by atoms with Crippen molar-refractivity contribution < 1.29 is 76.0 Å². The van der Waals surface area contributed by atoms with E-state index in [1.54, 1.807) is 0 Å². The monoisotopic (exact) mass is 568 g/mol. The van der Waals surface area contributed by atoms with Crippen molar-refractivity contribution in [3.8, 4) is 0 Å². The van der Waals surface area contributed by atoms with Crippen LogP contribution in [0.15, 0.2) is 12.2 Å². The van der Waals surface area contributed by atoms with Gasteiger partial charge in [-0.1, -0.05) is 0 Å². The largest absolute Gasteiger partial charge is 1.00 e. The summed E-state index contributed by atoms with van der Waals surface area (Å²) in [6.07, 6.45) is 3.13. The van der Waals surface area contributed by atoms with E-state index in [-0.39, 0.29) is 72.0 Å². The van der Waals surface area contributed by atoms with Gasteiger partial charge < -0.3 is 66.4 Å². The highest BCUT2D eigenvalue weighted by molar-refractivity contribution is 5.67. The molecule has 6 nitrogen and oxygen atoms in total. The van der Waals surface area contributed by atoms with Crippen molar-refractivity contribution in [2.45, 2.75) is 38.1 Å². The Morgan fingerprint density at radius 1 is 0.708 bits per heavy atom. The van der Waals surface area contributed by atoms with Crippen LogP contribution in [0.1, 0.15) is 13.8 Å². The summed E-state index contributed by atoms with van der Waals surface area (Å²) < 4.78 is 12.3. The van der Waals surface area contributed by atoms with Crippen LogP contribution < -0.4 is 48.0 Å². The van der Waals surface area contributed by atoms with Gasteiger partial charge in [-0.2, -0.15) is 0 Å². The lowest BCUT2D eigenvalue weighted by Crippen LogP contribution is -3.00. The molecule has 1 aliphatic carbocycles. The molecule has 1 aliphatic rings. The van der Waals surface area contributed by atoms with Crippen molar-refractivity contribution in [1.82, 2.24) is 0 Å². The normalized spacial score (nSPS) is 26.7. The molecule has 0 radical (unpaired) electrons. The smallest absolute Gasteiger partial charge is 0.303 e. The van der Waals surface area contributed by atoms with Crippen LogP contribution >= 0.6 is 0 Å². The number of likely N-dealkylation sites (N-methyl/N-ethyl adjacent to an activating group) is 2. The van der Waals surface area contributed by atoms with Crippen molar-refractivity contribution in [2.75, 3.05) is 42.3 Å². The zero-order valence-electron chi connectivity index (χ0n) is 15.7. The molecule has 0 saturated carbocycles. The van der Waals surface area contributed by atoms with Crippen LogP contribution in [0.2, 0.25) is 0 Å². The minimum atomic E-state index is -0.506. The van der Waals surface area contributed by atoms with Crippen LogP contribution in [-0.2, 0) is 19.1 Å². The Bertz CT molecular complexity index is 428. The summed E-state index contributed by atoms with van der Waals surface area (Å²) in [4.78, 5) is 23.1. The Balaban J connectivity index is 0. The van der Waals surface area contributed by atoms with E-state index in [4.69, 9.17) is 9.47 Å². The van der Waals surface area contributed by atoms with Gasteiger partial charge in [0.15, 0.2) is 12.2 Å². The summed E-state index contributed by atoms with van der Waals surface area (Å²) in [5.74, 6) is -0.730. The fourth-order valence-corrected chi connectivity index (χ4v) is 2.89. The summed E-state index contributed by atoms with van der Waals surface area (Å²) in [7, 11) is 12.2. The second-order valence-electron chi connectivity index (χ2n) is 7.75. The first-order valence-electron chi connectivity index (χ1n) is 7.49. The quantitative estimate of drug-likeness (QED) is 0.147. The first-order chi connectivity index (χ1) is 9.84. The minimum absolute atomic E-state index is 0. The van der Waals surface area contributed by atoms with Crippen LogP contribution in [0.3, 0.4) is 0 Å². The lowest BCUT2D eigenvalue weighted by molar-refractivity contribution is -0.905. The van der Waals surface area contributed by atoms with Crippen molar-refractivity contribution in [3.05, 3.63) is 12.2 Å². The van der Waals surface area contributed by atoms with Crippen LogP contribution in [-0.4, -0.2) is 87.5 Å². The topological polar surface area (TPSA) is 52.6 Å². The van der Waals surface area contributed by atoms with Gasteiger partial charge in [0.05, 0.1) is 42.3 Å². The third kappa shape index (κ3) is 7.12. The zero-order chi connectivity index (χ0) is 17.3. The number of esters is 2. The van der Waals surface area contributed by atoms with Crippen molar-refractivity contribution >= 4 is 11.9 Å². The minimum Gasteiger partial charge on any atom is -1.00 e. The molecule has 0 saturated heterocycles. The molecule has 0 N–H and O–H groups in total. The second-order valence-corrected chi connectivity index (χ2v) is 7.75. The number of carbonyl (C=O) groups excluding carboxylic acids is 2. The third-order valence-electron chi connectivity index (χ3n) is 3.90. The van der Waals surface area contributed by atoms with Crippen LogP contribution in [0.4, 0.5) is 0 Å². The SMILES string of the molecule is CC(=O)O[C@H]1[C@H](OC(C)=O)[C@@H]([N+](C)(C)C)C=C[C@H]1[N+](C)(C)C.[I-].[I-]. The summed E-state index contributed by atoms with van der Waals surface area (Å²) in [6.45, 7) is 2.77. The number of ether oxygens (including phenoxy) is 2. The molecule has 4 atom stereocenters. The number of nitrogens with zero attached hydrogens (tertiary/aromatic N) is 2. The van der Waals surface area contributed by atoms with Gasteiger partial charge in [0.2, 0.25) is 0 Å². The molecular weight excluding hydrogens is 538 g/mol. The average Bonchev–Trinajstić information content (AvgIpc) is 2.26. The third-order valence-corrected chi connectivity index (χ3v) is 3.90. The van der Waals surface area contributed by atoms with E-state index in [1.807, 2.05) is 42.3 Å². The van der Waals surface area contributed by atoms with Gasteiger partial charge in [0.1, 0.15) is 12.1 Å². The molecule has 0 aromatic heterocycles. The van der Waals surface area contributed by atoms with Gasteiger partial charge in [0.25, 0.3) is 0 Å². The van der Waals surface area contributed by atoms with Gasteiger partial charge >= 0.3 is 11.9 Å². The molecule has 0 aromatic carbocycles. The van der Waals surface area contributed by atoms with E-state index in [2.05, 4.69) is 12.2 Å². The Morgan fingerprint density at radius 3 is 1.12 bits per heavy atom. The molecular formula is C16H30I2N2O4. The maximum atomic E-state index is 11.6. The molecule has 0 aromatic rings. The summed E-state index contributed by atoms with van der Waals surface area (Å²) in [5, 5.41) is 0. The summed E-state index contributed by atoms with van der Waals surface area (Å²) >= 11 is 0. The fraction of sp³-hybridized carbons (Fsp3) is 0.750. The van der Waals surface area contributed by atoms with Crippen molar-refractivity contribution in [3.63, 3.8) is 0 Å². The predicted molar refractivity (Wildman–Crippen MR) is 83.9 cm³/mol. The van der Waals surface area contributed by atoms with E-state index in [9.17, 15) is 9.59 Å². The predicted octanol–water partition coefficient (Wildman–Crippen LogP) is -5.42. The molecule has 0 amide bonds. The Hall–Kier alpha value is 0.0600. The average molecular weight is 568 g/mol. The molecule has 1 rings (SSSR count). The van der Waals surface area contributed by atoms with Gasteiger partial charge in [0, 0.05) is 13.8 Å². The van der Waals surface area contributed by atoms with Gasteiger partial charge in [-0.05, 0) is 12.2 Å². The molecule has 24 heavy (non-hydrogen) atoms. The first-order valence-corrected chi connectivity index (χ1v) is 7.49. The van der Waals surface area contributed by atoms with Crippen LogP contribution in [0.5, 0.6) is 0 Å². The van der Waals surface area contributed by atoms with Crippen molar-refractivity contribution in [2.24, 2.45) is 0 Å². The lowest BCUT2D eigenvalue weighted by atomic mass is 9.88. The number of hydrogen-bond acceptors (Lipinski definition) is 4. The molecule has 8 heteroatoms. The first kappa shape index (κ1) is 26.3.